The van der Waals surface area contributed by atoms with Crippen LogP contribution in [0.2, 0.25) is 0 Å². The summed E-state index contributed by atoms with van der Waals surface area (Å²) in [7, 11) is 0. The molecule has 2 atom stereocenters. The number of fused-ring (bicyclic) bond motifs is 2. The van der Waals surface area contributed by atoms with Gasteiger partial charge in [0, 0.05) is 18.4 Å². The lowest BCUT2D eigenvalue weighted by Gasteiger charge is -2.34. The van der Waals surface area contributed by atoms with Gasteiger partial charge in [-0.05, 0) is 36.5 Å². The Morgan fingerprint density at radius 2 is 1.87 bits per heavy atom. The Bertz CT molecular complexity index is 1210. The third kappa shape index (κ3) is 3.04. The molecule has 2 aliphatic rings. The summed E-state index contributed by atoms with van der Waals surface area (Å²) in [6, 6.07) is 17.3. The number of H-pyrrole nitrogens is 1. The van der Waals surface area contributed by atoms with Crippen LogP contribution in [-0.4, -0.2) is 39.3 Å². The molecule has 0 unspecified atom stereocenters. The molecule has 1 aromatic heterocycles. The normalized spacial score (nSPS) is 21.9. The molecule has 2 N–H and O–H groups in total. The molecule has 3 heterocycles. The number of nitrogens with zero attached hydrogens (tertiary/aromatic N) is 2. The number of para-hydroxylation sites is 1. The van der Waals surface area contributed by atoms with Crippen molar-refractivity contribution in [2.45, 2.75) is 30.7 Å². The molecule has 7 heteroatoms. The van der Waals surface area contributed by atoms with Crippen LogP contribution in [0, 0.1) is 0 Å². The molecule has 2 aliphatic heterocycles. The molecule has 2 amide bonds. The topological polar surface area (TPSA) is 95.2 Å². The van der Waals surface area contributed by atoms with Crippen LogP contribution >= 0.6 is 0 Å². The predicted molar refractivity (Wildman–Crippen MR) is 116 cm³/mol. The number of amides is 2. The number of rotatable bonds is 4. The largest absolute Gasteiger partial charge is 0.334 e. The molecule has 31 heavy (non-hydrogen) atoms. The van der Waals surface area contributed by atoms with E-state index in [0.717, 1.165) is 23.2 Å². The zero-order chi connectivity index (χ0) is 21.4. The van der Waals surface area contributed by atoms with Crippen molar-refractivity contribution in [3.63, 3.8) is 0 Å². The molecule has 2 aromatic carbocycles. The van der Waals surface area contributed by atoms with Gasteiger partial charge in [-0.15, -0.1) is 0 Å². The molecule has 0 saturated carbocycles. The number of likely N-dealkylation sites (tertiary alicyclic amines) is 1. The van der Waals surface area contributed by atoms with Gasteiger partial charge in [-0.1, -0.05) is 48.5 Å². The SMILES string of the molecule is O=C(c1cnc[nH]c1=O)N1CC[C@@]2(C(=O)Nc3ccccc32)[C@@H]1CCc1ccccc1. The molecule has 7 nitrogen and oxygen atoms in total. The highest BCUT2D eigenvalue weighted by molar-refractivity contribution is 6.08. The highest BCUT2D eigenvalue weighted by Crippen LogP contribution is 2.49. The zero-order valence-corrected chi connectivity index (χ0v) is 16.9. The van der Waals surface area contributed by atoms with E-state index < -0.39 is 11.0 Å². The molecule has 156 valence electrons. The van der Waals surface area contributed by atoms with Crippen LogP contribution in [0.15, 0.2) is 71.9 Å². The maximum absolute atomic E-state index is 13.4. The number of aryl methyl sites for hydroxylation is 1. The summed E-state index contributed by atoms with van der Waals surface area (Å²) in [6.45, 7) is 0.397. The summed E-state index contributed by atoms with van der Waals surface area (Å²) in [4.78, 5) is 47.0. The first-order chi connectivity index (χ1) is 15.1. The second kappa shape index (κ2) is 7.50. The van der Waals surface area contributed by atoms with Gasteiger partial charge in [-0.3, -0.25) is 14.4 Å². The van der Waals surface area contributed by atoms with Crippen molar-refractivity contribution in [3.8, 4) is 0 Å². The first-order valence-corrected chi connectivity index (χ1v) is 10.4. The molecule has 0 radical (unpaired) electrons. The number of aromatic nitrogens is 2. The molecule has 1 fully saturated rings. The van der Waals surface area contributed by atoms with E-state index >= 15 is 0 Å². The van der Waals surface area contributed by atoms with E-state index in [4.69, 9.17) is 0 Å². The molecular weight excluding hydrogens is 392 g/mol. The second-order valence-corrected chi connectivity index (χ2v) is 8.05. The monoisotopic (exact) mass is 414 g/mol. The van der Waals surface area contributed by atoms with Crippen molar-refractivity contribution in [3.05, 3.63) is 94.2 Å². The van der Waals surface area contributed by atoms with Crippen molar-refractivity contribution in [2.75, 3.05) is 11.9 Å². The third-order valence-electron chi connectivity index (χ3n) is 6.51. The van der Waals surface area contributed by atoms with Gasteiger partial charge in [0.1, 0.15) is 5.56 Å². The highest BCUT2D eigenvalue weighted by Gasteiger charge is 2.58. The number of benzene rings is 2. The Hall–Kier alpha value is -3.74. The van der Waals surface area contributed by atoms with Gasteiger partial charge in [0.15, 0.2) is 0 Å². The van der Waals surface area contributed by atoms with Gasteiger partial charge in [0.05, 0.1) is 17.8 Å². The Kier molecular flexibility index (Phi) is 4.66. The summed E-state index contributed by atoms with van der Waals surface area (Å²) in [5, 5.41) is 3.01. The minimum atomic E-state index is -0.823. The number of carbonyl (C=O) groups is 2. The molecule has 1 spiro atoms. The van der Waals surface area contributed by atoms with Crippen LogP contribution in [0.25, 0.3) is 0 Å². The summed E-state index contributed by atoms with van der Waals surface area (Å²) in [5.41, 5.74) is 1.56. The second-order valence-electron chi connectivity index (χ2n) is 8.05. The highest BCUT2D eigenvalue weighted by atomic mass is 16.2. The summed E-state index contributed by atoms with van der Waals surface area (Å²) in [5.74, 6) is -0.469. The van der Waals surface area contributed by atoms with Gasteiger partial charge in [-0.25, -0.2) is 4.98 Å². The first kappa shape index (κ1) is 19.2. The number of hydrogen-bond acceptors (Lipinski definition) is 4. The summed E-state index contributed by atoms with van der Waals surface area (Å²) < 4.78 is 0. The number of nitrogens with one attached hydrogen (secondary N) is 2. The molecule has 5 rings (SSSR count). The van der Waals surface area contributed by atoms with Crippen LogP contribution in [0.4, 0.5) is 5.69 Å². The van der Waals surface area contributed by atoms with Crippen molar-refractivity contribution in [1.29, 1.82) is 0 Å². The van der Waals surface area contributed by atoms with Crippen molar-refractivity contribution in [1.82, 2.24) is 14.9 Å². The smallest absolute Gasteiger partial charge is 0.263 e. The fourth-order valence-corrected chi connectivity index (χ4v) is 5.05. The lowest BCUT2D eigenvalue weighted by atomic mass is 9.73. The van der Waals surface area contributed by atoms with Crippen LogP contribution in [-0.2, 0) is 16.6 Å². The predicted octanol–water partition coefficient (Wildman–Crippen LogP) is 2.51. The first-order valence-electron chi connectivity index (χ1n) is 10.4. The van der Waals surface area contributed by atoms with Crippen LogP contribution in [0.3, 0.4) is 0 Å². The van der Waals surface area contributed by atoms with Gasteiger partial charge in [0.2, 0.25) is 5.91 Å². The van der Waals surface area contributed by atoms with Crippen molar-refractivity contribution in [2.24, 2.45) is 0 Å². The Morgan fingerprint density at radius 3 is 2.68 bits per heavy atom. The van der Waals surface area contributed by atoms with Crippen LogP contribution in [0.5, 0.6) is 0 Å². The molecular formula is C24H22N4O3. The molecule has 3 aromatic rings. The van der Waals surface area contributed by atoms with E-state index in [2.05, 4.69) is 15.3 Å². The van der Waals surface area contributed by atoms with Crippen LogP contribution < -0.4 is 10.9 Å². The van der Waals surface area contributed by atoms with Crippen molar-refractivity contribution < 1.29 is 9.59 Å². The average Bonchev–Trinajstić information content (AvgIpc) is 3.32. The van der Waals surface area contributed by atoms with E-state index in [1.165, 1.54) is 12.5 Å². The van der Waals surface area contributed by atoms with E-state index in [1.54, 1.807) is 4.90 Å². The number of hydrogen-bond donors (Lipinski definition) is 2. The minimum Gasteiger partial charge on any atom is -0.334 e. The zero-order valence-electron chi connectivity index (χ0n) is 16.9. The lowest BCUT2D eigenvalue weighted by Crippen LogP contribution is -2.49. The maximum Gasteiger partial charge on any atom is 0.263 e. The number of aromatic amines is 1. The molecule has 0 aliphatic carbocycles. The Balaban J connectivity index is 1.56. The number of anilines is 1. The number of carbonyl (C=O) groups excluding carboxylic acids is 2. The minimum absolute atomic E-state index is 0.00375. The van der Waals surface area contributed by atoms with E-state index in [9.17, 15) is 14.4 Å². The molecule has 0 bridgehead atoms. The Labute approximate surface area is 179 Å². The maximum atomic E-state index is 13.4. The average molecular weight is 414 g/mol. The standard InChI is InChI=1S/C24H22N4O3/c29-21-17(14-25-15-26-21)22(30)28-13-12-24(18-8-4-5-9-19(18)27-23(24)31)20(28)11-10-16-6-2-1-3-7-16/h1-9,14-15,20H,10-13H2,(H,27,31)(H,25,26,29)/t20-,24-/m0/s1. The van der Waals surface area contributed by atoms with E-state index in [-0.39, 0.29) is 23.4 Å². The molecule has 1 saturated heterocycles. The quantitative estimate of drug-likeness (QED) is 0.686. The summed E-state index contributed by atoms with van der Waals surface area (Å²) in [6.07, 6.45) is 4.39. The van der Waals surface area contributed by atoms with Gasteiger partial charge >= 0.3 is 0 Å². The fraction of sp³-hybridized carbons (Fsp3) is 0.250. The Morgan fingerprint density at radius 1 is 1.10 bits per heavy atom. The third-order valence-corrected chi connectivity index (χ3v) is 6.51. The summed E-state index contributed by atoms with van der Waals surface area (Å²) >= 11 is 0. The fourth-order valence-electron chi connectivity index (χ4n) is 5.05. The van der Waals surface area contributed by atoms with Crippen molar-refractivity contribution >= 4 is 17.5 Å². The van der Waals surface area contributed by atoms with E-state index in [1.807, 2.05) is 54.6 Å². The van der Waals surface area contributed by atoms with Gasteiger partial charge in [0.25, 0.3) is 11.5 Å². The van der Waals surface area contributed by atoms with Gasteiger partial charge < -0.3 is 15.2 Å². The van der Waals surface area contributed by atoms with Gasteiger partial charge in [-0.2, -0.15) is 0 Å². The van der Waals surface area contributed by atoms with E-state index in [0.29, 0.717) is 19.4 Å². The lowest BCUT2D eigenvalue weighted by molar-refractivity contribution is -0.121. The van der Waals surface area contributed by atoms with Crippen LogP contribution in [0.1, 0.15) is 34.3 Å².